The Bertz CT molecular complexity index is 670. The molecule has 0 aliphatic carbocycles. The van der Waals surface area contributed by atoms with E-state index < -0.39 is 18.3 Å². The third-order valence-corrected chi connectivity index (χ3v) is 4.81. The Morgan fingerprint density at radius 3 is 2.67 bits per heavy atom. The van der Waals surface area contributed by atoms with Crippen molar-refractivity contribution >= 4 is 24.6 Å². The summed E-state index contributed by atoms with van der Waals surface area (Å²) in [6, 6.07) is 8.98. The number of nitro groups is 1. The molecule has 1 atom stereocenters. The minimum atomic E-state index is -4.50. The van der Waals surface area contributed by atoms with Crippen molar-refractivity contribution in [2.45, 2.75) is 12.3 Å². The van der Waals surface area contributed by atoms with Crippen LogP contribution in [0, 0.1) is 10.1 Å². The number of nitrogens with zero attached hydrogens (tertiary/aromatic N) is 1. The summed E-state index contributed by atoms with van der Waals surface area (Å²) in [6.45, 7) is 0.274. The Morgan fingerprint density at radius 2 is 2.10 bits per heavy atom. The summed E-state index contributed by atoms with van der Waals surface area (Å²) in [5, 5.41) is 15.4. The zero-order chi connectivity index (χ0) is 15.5. The molecule has 2 rings (SSSR count). The van der Waals surface area contributed by atoms with Crippen molar-refractivity contribution in [1.29, 1.82) is 0 Å². The lowest BCUT2D eigenvalue weighted by atomic mass is 10.2. The molecule has 0 radical (unpaired) electrons. The van der Waals surface area contributed by atoms with Crippen molar-refractivity contribution in [3.05, 3.63) is 62.3 Å². The van der Waals surface area contributed by atoms with Crippen molar-refractivity contribution in [3.63, 3.8) is 0 Å². The maximum atomic E-state index is 11.6. The molecule has 2 aromatic rings. The van der Waals surface area contributed by atoms with Gasteiger partial charge in [0.2, 0.25) is 0 Å². The maximum Gasteiger partial charge on any atom is 0.346 e. The van der Waals surface area contributed by atoms with Crippen LogP contribution in [0.3, 0.4) is 0 Å². The lowest BCUT2D eigenvalue weighted by molar-refractivity contribution is -0.384. The highest BCUT2D eigenvalue weighted by Crippen LogP contribution is 2.50. The number of benzene rings is 1. The van der Waals surface area contributed by atoms with E-state index in [0.717, 1.165) is 4.88 Å². The van der Waals surface area contributed by atoms with Gasteiger partial charge in [-0.3, -0.25) is 20.0 Å². The van der Waals surface area contributed by atoms with Gasteiger partial charge in [-0.05, 0) is 17.0 Å². The normalized spacial score (nSPS) is 13.0. The predicted molar refractivity (Wildman–Crippen MR) is 79.0 cm³/mol. The van der Waals surface area contributed by atoms with Gasteiger partial charge in [0.1, 0.15) is 5.78 Å². The molecule has 0 spiro atoms. The predicted octanol–water partition coefficient (Wildman–Crippen LogP) is 2.62. The first kappa shape index (κ1) is 15.8. The first-order chi connectivity index (χ1) is 9.88. The molecule has 0 aliphatic rings. The van der Waals surface area contributed by atoms with Crippen molar-refractivity contribution < 1.29 is 19.3 Å². The van der Waals surface area contributed by atoms with E-state index in [1.165, 1.54) is 35.6 Å². The number of non-ortho nitro benzene ring substituents is 1. The van der Waals surface area contributed by atoms with Gasteiger partial charge in [0.25, 0.3) is 5.69 Å². The number of nitrogens with one attached hydrogen (secondary N) is 1. The van der Waals surface area contributed by atoms with E-state index in [4.69, 9.17) is 0 Å². The van der Waals surface area contributed by atoms with Crippen LogP contribution in [-0.2, 0) is 11.1 Å². The first-order valence-corrected chi connectivity index (χ1v) is 8.49. The van der Waals surface area contributed by atoms with Crippen LogP contribution in [0.25, 0.3) is 0 Å². The van der Waals surface area contributed by atoms with E-state index in [2.05, 4.69) is 5.32 Å². The van der Waals surface area contributed by atoms with Crippen LogP contribution in [0.4, 0.5) is 5.69 Å². The highest BCUT2D eigenvalue weighted by molar-refractivity contribution is 7.52. The van der Waals surface area contributed by atoms with Crippen LogP contribution in [0.1, 0.15) is 16.2 Å². The summed E-state index contributed by atoms with van der Waals surface area (Å²) in [4.78, 5) is 30.0. The quantitative estimate of drug-likeness (QED) is 0.427. The molecule has 21 heavy (non-hydrogen) atoms. The number of nitro benzene ring substituents is 1. The number of rotatable bonds is 6. The molecule has 0 saturated heterocycles. The Labute approximate surface area is 124 Å². The third kappa shape index (κ3) is 4.20. The maximum absolute atomic E-state index is 11.6. The molecule has 3 N–H and O–H groups in total. The Morgan fingerprint density at radius 1 is 1.33 bits per heavy atom. The summed E-state index contributed by atoms with van der Waals surface area (Å²) in [6.07, 6.45) is 0. The van der Waals surface area contributed by atoms with Crippen LogP contribution in [-0.4, -0.2) is 14.7 Å². The van der Waals surface area contributed by atoms with Gasteiger partial charge in [-0.15, -0.1) is 11.3 Å². The fourth-order valence-electron chi connectivity index (χ4n) is 1.85. The molecular formula is C12H13N2O5PS. The fourth-order valence-corrected chi connectivity index (χ4v) is 3.38. The van der Waals surface area contributed by atoms with Crippen molar-refractivity contribution in [2.75, 3.05) is 0 Å². The van der Waals surface area contributed by atoms with Gasteiger partial charge < -0.3 is 9.79 Å². The zero-order valence-corrected chi connectivity index (χ0v) is 12.5. The molecule has 0 saturated carbocycles. The minimum absolute atomic E-state index is 0.189. The fraction of sp³-hybridized carbons (Fsp3) is 0.167. The highest BCUT2D eigenvalue weighted by Gasteiger charge is 2.31. The van der Waals surface area contributed by atoms with Crippen LogP contribution < -0.4 is 5.32 Å². The molecular weight excluding hydrogens is 315 g/mol. The lowest BCUT2D eigenvalue weighted by Crippen LogP contribution is -2.20. The van der Waals surface area contributed by atoms with Crippen molar-refractivity contribution in [3.8, 4) is 0 Å². The summed E-state index contributed by atoms with van der Waals surface area (Å²) >= 11 is 1.46. The van der Waals surface area contributed by atoms with E-state index in [1.54, 1.807) is 0 Å². The SMILES string of the molecule is O=[N+]([O-])c1cccc([C@H](NCc2cccs2)P(=O)(O)O)c1. The molecule has 7 nitrogen and oxygen atoms in total. The second-order valence-corrected chi connectivity index (χ2v) is 7.03. The van der Waals surface area contributed by atoms with Gasteiger partial charge in [-0.1, -0.05) is 18.2 Å². The molecule has 1 aromatic carbocycles. The molecule has 0 aliphatic heterocycles. The van der Waals surface area contributed by atoms with Gasteiger partial charge in [0.15, 0.2) is 0 Å². The Balaban J connectivity index is 2.25. The second-order valence-electron chi connectivity index (χ2n) is 4.30. The largest absolute Gasteiger partial charge is 0.346 e. The molecule has 0 fully saturated rings. The minimum Gasteiger partial charge on any atom is -0.323 e. The number of hydrogen-bond acceptors (Lipinski definition) is 5. The van der Waals surface area contributed by atoms with Crippen LogP contribution in [0.15, 0.2) is 41.8 Å². The average Bonchev–Trinajstić information content (AvgIpc) is 2.91. The topological polar surface area (TPSA) is 113 Å². The molecule has 1 heterocycles. The average molecular weight is 328 g/mol. The molecule has 112 valence electrons. The smallest absolute Gasteiger partial charge is 0.323 e. The van der Waals surface area contributed by atoms with E-state index in [0.29, 0.717) is 0 Å². The Hall–Kier alpha value is -1.57. The first-order valence-electron chi connectivity index (χ1n) is 5.93. The molecule has 0 unspecified atom stereocenters. The summed E-state index contributed by atoms with van der Waals surface area (Å²) < 4.78 is 11.6. The van der Waals surface area contributed by atoms with Gasteiger partial charge in [0.05, 0.1) is 4.92 Å². The number of thiophene rings is 1. The molecule has 0 bridgehead atoms. The molecule has 1 aromatic heterocycles. The number of hydrogen-bond donors (Lipinski definition) is 3. The van der Waals surface area contributed by atoms with E-state index in [9.17, 15) is 24.5 Å². The third-order valence-electron chi connectivity index (χ3n) is 2.78. The zero-order valence-electron chi connectivity index (χ0n) is 10.7. The van der Waals surface area contributed by atoms with Gasteiger partial charge in [0, 0.05) is 23.6 Å². The van der Waals surface area contributed by atoms with Crippen LogP contribution in [0.2, 0.25) is 0 Å². The van der Waals surface area contributed by atoms with E-state index in [-0.39, 0.29) is 17.8 Å². The van der Waals surface area contributed by atoms with E-state index in [1.807, 2.05) is 17.5 Å². The second kappa shape index (κ2) is 6.46. The van der Waals surface area contributed by atoms with Crippen LogP contribution >= 0.6 is 18.9 Å². The summed E-state index contributed by atoms with van der Waals surface area (Å²) in [5.74, 6) is -1.28. The van der Waals surface area contributed by atoms with Gasteiger partial charge in [-0.25, -0.2) is 0 Å². The lowest BCUT2D eigenvalue weighted by Gasteiger charge is -2.19. The highest BCUT2D eigenvalue weighted by atomic mass is 32.1. The van der Waals surface area contributed by atoms with Crippen molar-refractivity contribution in [2.24, 2.45) is 0 Å². The summed E-state index contributed by atoms with van der Waals surface area (Å²) in [5.41, 5.74) is -0.0158. The van der Waals surface area contributed by atoms with Crippen molar-refractivity contribution in [1.82, 2.24) is 5.32 Å². The Kier molecular flexibility index (Phi) is 4.87. The van der Waals surface area contributed by atoms with Gasteiger partial charge >= 0.3 is 7.60 Å². The van der Waals surface area contributed by atoms with E-state index >= 15 is 0 Å². The standard InChI is InChI=1S/C12H13N2O5PS/c15-14(16)10-4-1-3-9(7-10)12(20(17,18)19)13-8-11-5-2-6-21-11/h1-7,12-13H,8H2,(H2,17,18,19)/t12-/m1/s1. The molecule has 9 heteroatoms. The summed E-state index contributed by atoms with van der Waals surface area (Å²) in [7, 11) is -4.50. The monoisotopic (exact) mass is 328 g/mol. The van der Waals surface area contributed by atoms with Crippen LogP contribution in [0.5, 0.6) is 0 Å². The van der Waals surface area contributed by atoms with Gasteiger partial charge in [-0.2, -0.15) is 0 Å². The molecule has 0 amide bonds.